The molecule has 0 aliphatic carbocycles. The molecule has 4 rings (SSSR count). The topological polar surface area (TPSA) is 60.2 Å². The van der Waals surface area contributed by atoms with E-state index in [1.807, 2.05) is 15.8 Å². The van der Waals surface area contributed by atoms with Gasteiger partial charge in [-0.15, -0.1) is 5.10 Å². The average Bonchev–Trinajstić information content (AvgIpc) is 3.19. The number of likely N-dealkylation sites (tertiary alicyclic amines) is 1. The summed E-state index contributed by atoms with van der Waals surface area (Å²) >= 11 is 0. The van der Waals surface area contributed by atoms with Gasteiger partial charge in [0.15, 0.2) is 0 Å². The molecule has 2 aromatic rings. The molecule has 0 saturated carbocycles. The molecular weight excluding hydrogens is 328 g/mol. The highest BCUT2D eigenvalue weighted by atomic mass is 16.5. The van der Waals surface area contributed by atoms with Crippen LogP contribution >= 0.6 is 0 Å². The van der Waals surface area contributed by atoms with Crippen LogP contribution in [-0.4, -0.2) is 51.6 Å². The van der Waals surface area contributed by atoms with Crippen molar-refractivity contribution in [3.63, 3.8) is 0 Å². The summed E-state index contributed by atoms with van der Waals surface area (Å²) in [5.41, 5.74) is 3.18. The van der Waals surface area contributed by atoms with Crippen LogP contribution in [0.4, 0.5) is 0 Å². The molecule has 2 aliphatic heterocycles. The van der Waals surface area contributed by atoms with Crippen LogP contribution in [0.2, 0.25) is 0 Å². The number of carbonyl (C=O) groups excluding carboxylic acids is 1. The van der Waals surface area contributed by atoms with Gasteiger partial charge < -0.3 is 9.64 Å². The second-order valence-corrected chi connectivity index (χ2v) is 7.39. The molecule has 2 atom stereocenters. The summed E-state index contributed by atoms with van der Waals surface area (Å²) < 4.78 is 7.61. The first-order valence-corrected chi connectivity index (χ1v) is 9.60. The second kappa shape index (κ2) is 7.58. The number of hydrogen-bond donors (Lipinski definition) is 0. The maximum Gasteiger partial charge on any atom is 0.251 e. The van der Waals surface area contributed by atoms with Crippen molar-refractivity contribution >= 4 is 5.91 Å². The SMILES string of the molecule is Cc1ccc(-c2cn(C3CCCN(C(=O)C4CCCCO4)C3)nn2)cc1. The summed E-state index contributed by atoms with van der Waals surface area (Å²) in [5.74, 6) is 0.147. The van der Waals surface area contributed by atoms with Crippen molar-refractivity contribution in [2.45, 2.75) is 51.2 Å². The number of amides is 1. The van der Waals surface area contributed by atoms with Crippen molar-refractivity contribution in [2.24, 2.45) is 0 Å². The molecule has 26 heavy (non-hydrogen) atoms. The molecule has 2 aliphatic rings. The number of aryl methyl sites for hydroxylation is 1. The van der Waals surface area contributed by atoms with Crippen molar-refractivity contribution in [1.29, 1.82) is 0 Å². The lowest BCUT2D eigenvalue weighted by Crippen LogP contribution is -2.47. The molecule has 138 valence electrons. The van der Waals surface area contributed by atoms with E-state index in [9.17, 15) is 4.79 Å². The smallest absolute Gasteiger partial charge is 0.251 e. The van der Waals surface area contributed by atoms with E-state index in [2.05, 4.69) is 41.5 Å². The van der Waals surface area contributed by atoms with Crippen LogP contribution in [0.5, 0.6) is 0 Å². The van der Waals surface area contributed by atoms with Gasteiger partial charge in [-0.2, -0.15) is 0 Å². The molecule has 0 N–H and O–H groups in total. The molecule has 1 aromatic carbocycles. The molecule has 2 saturated heterocycles. The highest BCUT2D eigenvalue weighted by Crippen LogP contribution is 2.25. The molecule has 2 fully saturated rings. The molecule has 1 aromatic heterocycles. The van der Waals surface area contributed by atoms with E-state index >= 15 is 0 Å². The first-order chi connectivity index (χ1) is 12.7. The third kappa shape index (κ3) is 3.65. The van der Waals surface area contributed by atoms with Crippen molar-refractivity contribution in [1.82, 2.24) is 19.9 Å². The predicted octanol–water partition coefficient (Wildman–Crippen LogP) is 2.99. The number of hydrogen-bond acceptors (Lipinski definition) is 4. The van der Waals surface area contributed by atoms with Crippen LogP contribution in [0.15, 0.2) is 30.5 Å². The Labute approximate surface area is 154 Å². The van der Waals surface area contributed by atoms with Crippen molar-refractivity contribution < 1.29 is 9.53 Å². The van der Waals surface area contributed by atoms with Crippen LogP contribution in [0.1, 0.15) is 43.7 Å². The molecule has 3 heterocycles. The fourth-order valence-electron chi connectivity index (χ4n) is 3.82. The van der Waals surface area contributed by atoms with Gasteiger partial charge in [0.1, 0.15) is 11.8 Å². The van der Waals surface area contributed by atoms with Crippen molar-refractivity contribution in [3.8, 4) is 11.3 Å². The number of nitrogens with zero attached hydrogens (tertiary/aromatic N) is 4. The zero-order valence-corrected chi connectivity index (χ0v) is 15.3. The van der Waals surface area contributed by atoms with Gasteiger partial charge >= 0.3 is 0 Å². The van der Waals surface area contributed by atoms with Gasteiger partial charge in [0, 0.05) is 25.3 Å². The quantitative estimate of drug-likeness (QED) is 0.850. The monoisotopic (exact) mass is 354 g/mol. The molecule has 6 nitrogen and oxygen atoms in total. The van der Waals surface area contributed by atoms with E-state index in [0.29, 0.717) is 13.2 Å². The van der Waals surface area contributed by atoms with Gasteiger partial charge in [-0.05, 0) is 39.0 Å². The Hall–Kier alpha value is -2.21. The molecule has 2 unspecified atom stereocenters. The summed E-state index contributed by atoms with van der Waals surface area (Å²) in [5, 5.41) is 8.68. The Bertz CT molecular complexity index is 749. The van der Waals surface area contributed by atoms with Crippen molar-refractivity contribution in [3.05, 3.63) is 36.0 Å². The van der Waals surface area contributed by atoms with Crippen LogP contribution < -0.4 is 0 Å². The third-order valence-electron chi connectivity index (χ3n) is 5.40. The number of piperidine rings is 1. The summed E-state index contributed by atoms with van der Waals surface area (Å²) in [6.45, 7) is 4.28. The van der Waals surface area contributed by atoms with E-state index < -0.39 is 0 Å². The van der Waals surface area contributed by atoms with Gasteiger partial charge in [-0.25, -0.2) is 4.68 Å². The summed E-state index contributed by atoms with van der Waals surface area (Å²) in [6.07, 6.45) is 6.75. The van der Waals surface area contributed by atoms with E-state index in [4.69, 9.17) is 4.74 Å². The maximum atomic E-state index is 12.7. The first kappa shape index (κ1) is 17.2. The molecule has 1 amide bonds. The Balaban J connectivity index is 1.44. The second-order valence-electron chi connectivity index (χ2n) is 7.39. The molecular formula is C20H26N4O2. The summed E-state index contributed by atoms with van der Waals surface area (Å²) in [6, 6.07) is 8.49. The van der Waals surface area contributed by atoms with Crippen LogP contribution in [0.3, 0.4) is 0 Å². The number of aromatic nitrogens is 3. The zero-order chi connectivity index (χ0) is 17.9. The Morgan fingerprint density at radius 3 is 2.77 bits per heavy atom. The summed E-state index contributed by atoms with van der Waals surface area (Å²) in [4.78, 5) is 14.7. The van der Waals surface area contributed by atoms with E-state index in [-0.39, 0.29) is 18.1 Å². The average molecular weight is 354 g/mol. The standard InChI is InChI=1S/C20H26N4O2/c1-15-7-9-16(10-8-15)18-14-24(22-21-18)17-5-4-11-23(13-17)20(25)19-6-2-3-12-26-19/h7-10,14,17,19H,2-6,11-13H2,1H3. The van der Waals surface area contributed by atoms with Crippen LogP contribution in [-0.2, 0) is 9.53 Å². The highest BCUT2D eigenvalue weighted by Gasteiger charge is 2.31. The minimum atomic E-state index is -0.249. The normalized spacial score (nSPS) is 23.8. The van der Waals surface area contributed by atoms with Gasteiger partial charge in [0.2, 0.25) is 0 Å². The van der Waals surface area contributed by atoms with E-state index in [1.54, 1.807) is 0 Å². The fourth-order valence-corrected chi connectivity index (χ4v) is 3.82. The Morgan fingerprint density at radius 1 is 1.15 bits per heavy atom. The lowest BCUT2D eigenvalue weighted by Gasteiger charge is -2.35. The van der Waals surface area contributed by atoms with Gasteiger partial charge in [0.05, 0.1) is 12.2 Å². The predicted molar refractivity (Wildman–Crippen MR) is 98.6 cm³/mol. The third-order valence-corrected chi connectivity index (χ3v) is 5.40. The zero-order valence-electron chi connectivity index (χ0n) is 15.3. The number of rotatable bonds is 3. The minimum Gasteiger partial charge on any atom is -0.368 e. The Morgan fingerprint density at radius 2 is 2.00 bits per heavy atom. The fraction of sp³-hybridized carbons (Fsp3) is 0.550. The minimum absolute atomic E-state index is 0.147. The first-order valence-electron chi connectivity index (χ1n) is 9.60. The van der Waals surface area contributed by atoms with Crippen LogP contribution in [0.25, 0.3) is 11.3 Å². The maximum absolute atomic E-state index is 12.7. The van der Waals surface area contributed by atoms with Gasteiger partial charge in [-0.3, -0.25) is 4.79 Å². The molecule has 0 spiro atoms. The largest absolute Gasteiger partial charge is 0.368 e. The van der Waals surface area contributed by atoms with E-state index in [1.165, 1.54) is 5.56 Å². The number of ether oxygens (including phenoxy) is 1. The molecule has 6 heteroatoms. The summed E-state index contributed by atoms with van der Waals surface area (Å²) in [7, 11) is 0. The van der Waals surface area contributed by atoms with Gasteiger partial charge in [-0.1, -0.05) is 35.0 Å². The number of benzene rings is 1. The lowest BCUT2D eigenvalue weighted by atomic mass is 10.0. The Kier molecular flexibility index (Phi) is 5.02. The number of carbonyl (C=O) groups is 1. The van der Waals surface area contributed by atoms with E-state index in [0.717, 1.165) is 49.9 Å². The highest BCUT2D eigenvalue weighted by molar-refractivity contribution is 5.81. The van der Waals surface area contributed by atoms with Crippen molar-refractivity contribution in [2.75, 3.05) is 19.7 Å². The lowest BCUT2D eigenvalue weighted by molar-refractivity contribution is -0.148. The van der Waals surface area contributed by atoms with Gasteiger partial charge in [0.25, 0.3) is 5.91 Å². The molecule has 0 radical (unpaired) electrons. The van der Waals surface area contributed by atoms with Crippen LogP contribution in [0, 0.1) is 6.92 Å². The molecule has 0 bridgehead atoms.